The van der Waals surface area contributed by atoms with E-state index in [-0.39, 0.29) is 13.2 Å². The number of ketones is 1. The van der Waals surface area contributed by atoms with Gasteiger partial charge in [0, 0.05) is 5.56 Å². The number of Topliss-reactive ketones (excluding diaryl/α,β-unsaturated/α-hetero) is 1. The average molecular weight is 661 g/mol. The molecule has 0 aromatic heterocycles. The third kappa shape index (κ3) is 22.4. The largest absolute Gasteiger partial charge is 0.491 e. The van der Waals surface area contributed by atoms with Crippen molar-refractivity contribution >= 4 is 11.8 Å². The van der Waals surface area contributed by atoms with E-state index in [2.05, 4.69) is 19.1 Å². The summed E-state index contributed by atoms with van der Waals surface area (Å²) in [5.74, 6) is -0.685. The zero-order chi connectivity index (χ0) is 33.5. The van der Waals surface area contributed by atoms with E-state index in [1.54, 1.807) is 30.3 Å². The number of esters is 1. The summed E-state index contributed by atoms with van der Waals surface area (Å²) in [6.45, 7) is 8.05. The first kappa shape index (κ1) is 40.3. The van der Waals surface area contributed by atoms with Crippen LogP contribution in [0, 0.1) is 0 Å². The number of unbranched alkanes of at least 4 members (excludes halogenated alkanes) is 6. The van der Waals surface area contributed by atoms with Crippen molar-refractivity contribution in [3.8, 4) is 5.75 Å². The summed E-state index contributed by atoms with van der Waals surface area (Å²) < 4.78 is 43.5. The van der Waals surface area contributed by atoms with Gasteiger partial charge in [-0.3, -0.25) is 4.79 Å². The third-order valence-electron chi connectivity index (χ3n) is 7.03. The van der Waals surface area contributed by atoms with Crippen LogP contribution in [-0.2, 0) is 44.4 Å². The summed E-state index contributed by atoms with van der Waals surface area (Å²) in [4.78, 5) is 23.6. The number of hydrogen-bond donors (Lipinski definition) is 0. The summed E-state index contributed by atoms with van der Waals surface area (Å²) in [6.07, 6.45) is 10.5. The SMILES string of the molecule is CCCCCCCCCc1ccc(OCCOCCOCCOCCOCCOCCOCCOC(=O)C(=O)c2ccccc2)cc1. The molecule has 10 heteroatoms. The molecule has 0 unspecified atom stereocenters. The first-order valence-corrected chi connectivity index (χ1v) is 17.2. The van der Waals surface area contributed by atoms with E-state index in [0.717, 1.165) is 12.2 Å². The Kier molecular flexibility index (Phi) is 25.1. The van der Waals surface area contributed by atoms with Crippen molar-refractivity contribution in [3.63, 3.8) is 0 Å². The van der Waals surface area contributed by atoms with Crippen LogP contribution in [0.3, 0.4) is 0 Å². The highest BCUT2D eigenvalue weighted by atomic mass is 16.6. The molecule has 0 spiro atoms. The second-order valence-corrected chi connectivity index (χ2v) is 10.9. The summed E-state index contributed by atoms with van der Waals surface area (Å²) in [5.41, 5.74) is 1.67. The van der Waals surface area contributed by atoms with Gasteiger partial charge in [0.05, 0.1) is 79.3 Å². The Morgan fingerprint density at radius 3 is 1.45 bits per heavy atom. The third-order valence-corrected chi connectivity index (χ3v) is 7.03. The lowest BCUT2D eigenvalue weighted by molar-refractivity contribution is -0.139. The van der Waals surface area contributed by atoms with E-state index < -0.39 is 11.8 Å². The second kappa shape index (κ2) is 29.3. The number of carbonyl (C=O) groups is 2. The van der Waals surface area contributed by atoms with Crippen LogP contribution in [0.1, 0.15) is 67.8 Å². The normalized spacial score (nSPS) is 11.1. The Labute approximate surface area is 281 Å². The van der Waals surface area contributed by atoms with E-state index in [9.17, 15) is 9.59 Å². The fraction of sp³-hybridized carbons (Fsp3) is 0.622. The van der Waals surface area contributed by atoms with Crippen LogP contribution >= 0.6 is 0 Å². The molecule has 47 heavy (non-hydrogen) atoms. The zero-order valence-corrected chi connectivity index (χ0v) is 28.3. The standard InChI is InChI=1S/C37H56O10/c1-2-3-4-5-6-7-9-12-33-15-17-35(18-16-33)46-31-29-44-27-25-42-23-21-40-19-20-41-22-24-43-26-28-45-30-32-47-37(39)36(38)34-13-10-8-11-14-34/h8,10-11,13-18H,2-7,9,12,19-32H2,1H3. The molecule has 0 saturated carbocycles. The number of aryl methyl sites for hydroxylation is 1. The van der Waals surface area contributed by atoms with Gasteiger partial charge in [0.25, 0.3) is 5.78 Å². The van der Waals surface area contributed by atoms with Crippen LogP contribution in [0.15, 0.2) is 54.6 Å². The molecule has 0 atom stereocenters. The monoisotopic (exact) mass is 660 g/mol. The van der Waals surface area contributed by atoms with Gasteiger partial charge in [-0.05, 0) is 30.5 Å². The molecule has 0 radical (unpaired) electrons. The van der Waals surface area contributed by atoms with Gasteiger partial charge in [0.2, 0.25) is 0 Å². The maximum atomic E-state index is 11.9. The van der Waals surface area contributed by atoms with Gasteiger partial charge >= 0.3 is 5.97 Å². The molecule has 0 fully saturated rings. The highest BCUT2D eigenvalue weighted by Gasteiger charge is 2.17. The maximum Gasteiger partial charge on any atom is 0.379 e. The van der Waals surface area contributed by atoms with E-state index in [4.69, 9.17) is 37.9 Å². The minimum absolute atomic E-state index is 0.00402. The van der Waals surface area contributed by atoms with E-state index in [1.165, 1.54) is 50.5 Å². The molecule has 264 valence electrons. The van der Waals surface area contributed by atoms with Crippen molar-refractivity contribution in [1.29, 1.82) is 0 Å². The minimum Gasteiger partial charge on any atom is -0.491 e. The lowest BCUT2D eigenvalue weighted by Crippen LogP contribution is -2.20. The van der Waals surface area contributed by atoms with E-state index in [1.807, 2.05) is 12.1 Å². The Balaban J connectivity index is 1.24. The Hall–Kier alpha value is -2.86. The summed E-state index contributed by atoms with van der Waals surface area (Å²) in [5, 5.41) is 0. The highest BCUT2D eigenvalue weighted by Crippen LogP contribution is 2.15. The lowest BCUT2D eigenvalue weighted by atomic mass is 10.0. The second-order valence-electron chi connectivity index (χ2n) is 10.9. The minimum atomic E-state index is -0.891. The zero-order valence-electron chi connectivity index (χ0n) is 28.3. The maximum absolute atomic E-state index is 11.9. The topological polar surface area (TPSA) is 108 Å². The van der Waals surface area contributed by atoms with Crippen LogP contribution in [0.4, 0.5) is 0 Å². The van der Waals surface area contributed by atoms with Crippen molar-refractivity contribution in [2.45, 2.75) is 58.3 Å². The Morgan fingerprint density at radius 2 is 0.936 bits per heavy atom. The van der Waals surface area contributed by atoms with Crippen molar-refractivity contribution in [2.75, 3.05) is 92.5 Å². The molecule has 2 rings (SSSR count). The van der Waals surface area contributed by atoms with Gasteiger partial charge in [-0.15, -0.1) is 0 Å². The molecule has 0 amide bonds. The van der Waals surface area contributed by atoms with Gasteiger partial charge in [-0.2, -0.15) is 0 Å². The van der Waals surface area contributed by atoms with Gasteiger partial charge in [0.1, 0.15) is 19.0 Å². The van der Waals surface area contributed by atoms with E-state index >= 15 is 0 Å². The molecule has 0 N–H and O–H groups in total. The van der Waals surface area contributed by atoms with Crippen LogP contribution in [0.5, 0.6) is 5.75 Å². The molecule has 0 aliphatic carbocycles. The fourth-order valence-electron chi connectivity index (χ4n) is 4.42. The summed E-state index contributed by atoms with van der Waals surface area (Å²) in [7, 11) is 0. The molecule has 2 aromatic rings. The molecular formula is C37H56O10. The number of ether oxygens (including phenoxy) is 8. The van der Waals surface area contributed by atoms with Crippen LogP contribution < -0.4 is 4.74 Å². The molecule has 0 saturated heterocycles. The van der Waals surface area contributed by atoms with Crippen molar-refractivity contribution in [2.24, 2.45) is 0 Å². The average Bonchev–Trinajstić information content (AvgIpc) is 3.10. The van der Waals surface area contributed by atoms with E-state index in [0.29, 0.717) is 84.8 Å². The molecule has 0 aliphatic rings. The Bertz CT molecular complexity index is 1020. The first-order chi connectivity index (χ1) is 23.2. The van der Waals surface area contributed by atoms with Crippen LogP contribution in [0.2, 0.25) is 0 Å². The van der Waals surface area contributed by atoms with Crippen molar-refractivity contribution in [1.82, 2.24) is 0 Å². The first-order valence-electron chi connectivity index (χ1n) is 17.2. The van der Waals surface area contributed by atoms with Crippen LogP contribution in [-0.4, -0.2) is 104 Å². The van der Waals surface area contributed by atoms with Crippen molar-refractivity contribution < 1.29 is 47.5 Å². The van der Waals surface area contributed by atoms with Crippen molar-refractivity contribution in [3.05, 3.63) is 65.7 Å². The predicted octanol–water partition coefficient (Wildman–Crippen LogP) is 5.88. The van der Waals surface area contributed by atoms with Crippen LogP contribution in [0.25, 0.3) is 0 Å². The molecule has 0 aliphatic heterocycles. The Morgan fingerprint density at radius 1 is 0.489 bits per heavy atom. The summed E-state index contributed by atoms with van der Waals surface area (Å²) >= 11 is 0. The smallest absolute Gasteiger partial charge is 0.379 e. The van der Waals surface area contributed by atoms with Gasteiger partial charge < -0.3 is 37.9 Å². The van der Waals surface area contributed by atoms with Gasteiger partial charge in [-0.25, -0.2) is 4.79 Å². The predicted molar refractivity (Wildman–Crippen MR) is 180 cm³/mol. The van der Waals surface area contributed by atoms with Gasteiger partial charge in [0.15, 0.2) is 0 Å². The number of benzene rings is 2. The molecule has 10 nitrogen and oxygen atoms in total. The number of carbonyl (C=O) groups excluding carboxylic acids is 2. The fourth-order valence-corrected chi connectivity index (χ4v) is 4.42. The highest BCUT2D eigenvalue weighted by molar-refractivity contribution is 6.40. The molecule has 0 bridgehead atoms. The summed E-state index contributed by atoms with van der Waals surface area (Å²) in [6, 6.07) is 16.7. The molecular weight excluding hydrogens is 604 g/mol. The lowest BCUT2D eigenvalue weighted by Gasteiger charge is -2.09. The number of hydrogen-bond acceptors (Lipinski definition) is 10. The van der Waals surface area contributed by atoms with Gasteiger partial charge in [-0.1, -0.05) is 87.9 Å². The molecule has 0 heterocycles. The quantitative estimate of drug-likeness (QED) is 0.0408. The molecule has 2 aromatic carbocycles. The number of rotatable bonds is 32.